The van der Waals surface area contributed by atoms with Crippen molar-refractivity contribution < 1.29 is 29.3 Å². The van der Waals surface area contributed by atoms with E-state index in [1.165, 1.54) is 0 Å². The molecule has 0 heterocycles. The number of aliphatic carboxylic acids is 2. The molecular formula is C23H25NO6. The van der Waals surface area contributed by atoms with E-state index in [9.17, 15) is 19.5 Å². The van der Waals surface area contributed by atoms with Crippen LogP contribution in [0.15, 0.2) is 48.5 Å². The summed E-state index contributed by atoms with van der Waals surface area (Å²) in [7, 11) is 0. The molecule has 158 valence electrons. The number of fused-ring (bicyclic) bond motifs is 3. The van der Waals surface area contributed by atoms with Gasteiger partial charge in [0, 0.05) is 12.3 Å². The number of ether oxygens (including phenoxy) is 1. The Balaban J connectivity index is 1.54. The second-order valence-corrected chi connectivity index (χ2v) is 7.35. The van der Waals surface area contributed by atoms with E-state index in [0.29, 0.717) is 19.3 Å². The molecule has 0 fully saturated rings. The van der Waals surface area contributed by atoms with Gasteiger partial charge in [0.1, 0.15) is 12.6 Å². The van der Waals surface area contributed by atoms with Crippen molar-refractivity contribution in [3.05, 3.63) is 59.7 Å². The van der Waals surface area contributed by atoms with Crippen LogP contribution in [0.25, 0.3) is 11.1 Å². The predicted octanol–water partition coefficient (Wildman–Crippen LogP) is 4.01. The summed E-state index contributed by atoms with van der Waals surface area (Å²) in [6, 6.07) is 14.9. The highest BCUT2D eigenvalue weighted by Crippen LogP contribution is 2.44. The maximum Gasteiger partial charge on any atom is 0.407 e. The Morgan fingerprint density at radius 1 is 0.900 bits per heavy atom. The fourth-order valence-electron chi connectivity index (χ4n) is 3.84. The maximum atomic E-state index is 12.2. The van der Waals surface area contributed by atoms with Gasteiger partial charge in [-0.05, 0) is 35.1 Å². The lowest BCUT2D eigenvalue weighted by Crippen LogP contribution is -2.41. The van der Waals surface area contributed by atoms with Gasteiger partial charge in [0.2, 0.25) is 0 Å². The number of carboxylic acids is 2. The van der Waals surface area contributed by atoms with Gasteiger partial charge in [-0.2, -0.15) is 0 Å². The normalized spacial score (nSPS) is 13.2. The number of carboxylic acid groups (broad SMARTS) is 2. The molecular weight excluding hydrogens is 386 g/mol. The molecule has 7 heteroatoms. The SMILES string of the molecule is O=C(O)CCCCC[C@H](NC(=O)OCC1c2ccccc2-c2ccccc21)C(=O)O. The first-order valence-electron chi connectivity index (χ1n) is 10.0. The van der Waals surface area contributed by atoms with Crippen LogP contribution in [0.4, 0.5) is 4.79 Å². The van der Waals surface area contributed by atoms with Gasteiger partial charge in [-0.1, -0.05) is 61.4 Å². The summed E-state index contributed by atoms with van der Waals surface area (Å²) in [5, 5.41) is 20.4. The maximum absolute atomic E-state index is 12.2. The Morgan fingerprint density at radius 2 is 1.50 bits per heavy atom. The lowest BCUT2D eigenvalue weighted by molar-refractivity contribution is -0.140. The van der Waals surface area contributed by atoms with Crippen molar-refractivity contribution in [2.45, 2.75) is 44.1 Å². The van der Waals surface area contributed by atoms with E-state index in [1.54, 1.807) is 0 Å². The molecule has 2 aromatic rings. The highest BCUT2D eigenvalue weighted by molar-refractivity contribution is 5.81. The minimum Gasteiger partial charge on any atom is -0.481 e. The molecule has 30 heavy (non-hydrogen) atoms. The molecule has 0 spiro atoms. The van der Waals surface area contributed by atoms with Gasteiger partial charge in [0.25, 0.3) is 0 Å². The zero-order chi connectivity index (χ0) is 21.5. The number of hydrogen-bond donors (Lipinski definition) is 3. The molecule has 1 aliphatic carbocycles. The fraction of sp³-hybridized carbons (Fsp3) is 0.348. The summed E-state index contributed by atoms with van der Waals surface area (Å²) in [5.41, 5.74) is 4.40. The molecule has 3 N–H and O–H groups in total. The molecule has 0 aromatic heterocycles. The number of carbonyl (C=O) groups excluding carboxylic acids is 1. The number of rotatable bonds is 10. The Kier molecular flexibility index (Phi) is 7.06. The summed E-state index contributed by atoms with van der Waals surface area (Å²) in [6.45, 7) is 0.116. The monoisotopic (exact) mass is 411 g/mol. The van der Waals surface area contributed by atoms with Crippen LogP contribution in [-0.2, 0) is 14.3 Å². The van der Waals surface area contributed by atoms with E-state index in [0.717, 1.165) is 22.3 Å². The Hall–Kier alpha value is -3.35. The molecule has 0 radical (unpaired) electrons. The Bertz CT molecular complexity index is 880. The summed E-state index contributed by atoms with van der Waals surface area (Å²) < 4.78 is 5.39. The average molecular weight is 411 g/mol. The van der Waals surface area contributed by atoms with Gasteiger partial charge in [0.15, 0.2) is 0 Å². The van der Waals surface area contributed by atoms with Gasteiger partial charge in [-0.25, -0.2) is 9.59 Å². The lowest BCUT2D eigenvalue weighted by atomic mass is 9.98. The molecule has 0 saturated heterocycles. The molecule has 1 amide bonds. The summed E-state index contributed by atoms with van der Waals surface area (Å²) in [6.07, 6.45) is 1.08. The van der Waals surface area contributed by atoms with E-state index in [2.05, 4.69) is 5.32 Å². The zero-order valence-corrected chi connectivity index (χ0v) is 16.5. The lowest BCUT2D eigenvalue weighted by Gasteiger charge is -2.17. The van der Waals surface area contributed by atoms with Gasteiger partial charge in [0.05, 0.1) is 0 Å². The van der Waals surface area contributed by atoms with Crippen LogP contribution >= 0.6 is 0 Å². The molecule has 0 bridgehead atoms. The molecule has 3 rings (SSSR count). The topological polar surface area (TPSA) is 113 Å². The van der Waals surface area contributed by atoms with Gasteiger partial charge in [-0.3, -0.25) is 4.79 Å². The molecule has 1 atom stereocenters. The molecule has 1 aliphatic rings. The highest BCUT2D eigenvalue weighted by atomic mass is 16.5. The molecule has 0 saturated carbocycles. The first-order valence-corrected chi connectivity index (χ1v) is 10.0. The Labute approximate surface area is 174 Å². The van der Waals surface area contributed by atoms with Crippen molar-refractivity contribution in [3.63, 3.8) is 0 Å². The second kappa shape index (κ2) is 9.91. The van der Waals surface area contributed by atoms with Crippen LogP contribution < -0.4 is 5.32 Å². The molecule has 0 unspecified atom stereocenters. The number of nitrogens with one attached hydrogen (secondary N) is 1. The Morgan fingerprint density at radius 3 is 2.07 bits per heavy atom. The summed E-state index contributed by atoms with van der Waals surface area (Å²) in [5.74, 6) is -2.11. The van der Waals surface area contributed by atoms with Crippen LogP contribution in [0.3, 0.4) is 0 Å². The number of benzene rings is 2. The number of alkyl carbamates (subject to hydrolysis) is 1. The van der Waals surface area contributed by atoms with Crippen LogP contribution in [0.1, 0.15) is 49.1 Å². The second-order valence-electron chi connectivity index (χ2n) is 7.35. The van der Waals surface area contributed by atoms with Crippen molar-refractivity contribution in [1.82, 2.24) is 5.32 Å². The minimum absolute atomic E-state index is 0.0531. The first kappa shape index (κ1) is 21.4. The number of hydrogen-bond acceptors (Lipinski definition) is 4. The highest BCUT2D eigenvalue weighted by Gasteiger charge is 2.29. The van der Waals surface area contributed by atoms with Crippen molar-refractivity contribution in [3.8, 4) is 11.1 Å². The van der Waals surface area contributed by atoms with E-state index in [1.807, 2.05) is 48.5 Å². The largest absolute Gasteiger partial charge is 0.481 e. The first-order chi connectivity index (χ1) is 14.5. The van der Waals surface area contributed by atoms with E-state index >= 15 is 0 Å². The fourth-order valence-corrected chi connectivity index (χ4v) is 3.84. The molecule has 0 aliphatic heterocycles. The van der Waals surface area contributed by atoms with E-state index < -0.39 is 24.1 Å². The number of carbonyl (C=O) groups is 3. The molecule has 2 aromatic carbocycles. The van der Waals surface area contributed by atoms with Crippen molar-refractivity contribution in [2.24, 2.45) is 0 Å². The minimum atomic E-state index is -1.14. The quantitative estimate of drug-likeness (QED) is 0.509. The smallest absolute Gasteiger partial charge is 0.407 e. The molecule has 7 nitrogen and oxygen atoms in total. The standard InChI is InChI=1S/C23H25NO6/c25-21(26)13-3-1-2-12-20(22(27)28)24-23(29)30-14-19-17-10-6-4-8-15(17)16-9-5-7-11-18(16)19/h4-11,19-20H,1-3,12-14H2,(H,24,29)(H,25,26)(H,27,28)/t20-/m0/s1. The summed E-state index contributed by atoms with van der Waals surface area (Å²) in [4.78, 5) is 34.2. The average Bonchev–Trinajstić information content (AvgIpc) is 3.04. The van der Waals surface area contributed by atoms with Gasteiger partial charge < -0.3 is 20.3 Å². The third kappa shape index (κ3) is 5.17. The zero-order valence-electron chi connectivity index (χ0n) is 16.5. The van der Waals surface area contributed by atoms with Crippen LogP contribution in [0.5, 0.6) is 0 Å². The third-order valence-electron chi connectivity index (χ3n) is 5.32. The van der Waals surface area contributed by atoms with Crippen molar-refractivity contribution in [1.29, 1.82) is 0 Å². The summed E-state index contributed by atoms with van der Waals surface area (Å²) >= 11 is 0. The number of unbranched alkanes of at least 4 members (excludes halogenated alkanes) is 2. The van der Waals surface area contributed by atoms with Crippen LogP contribution in [0.2, 0.25) is 0 Å². The third-order valence-corrected chi connectivity index (χ3v) is 5.32. The number of amides is 1. The van der Waals surface area contributed by atoms with Crippen LogP contribution in [0, 0.1) is 0 Å². The van der Waals surface area contributed by atoms with Crippen molar-refractivity contribution in [2.75, 3.05) is 6.61 Å². The van der Waals surface area contributed by atoms with Gasteiger partial charge in [-0.15, -0.1) is 0 Å². The van der Waals surface area contributed by atoms with E-state index in [4.69, 9.17) is 9.84 Å². The predicted molar refractivity (Wildman–Crippen MR) is 110 cm³/mol. The van der Waals surface area contributed by atoms with Crippen LogP contribution in [-0.4, -0.2) is 40.9 Å². The van der Waals surface area contributed by atoms with Crippen molar-refractivity contribution >= 4 is 18.0 Å². The van der Waals surface area contributed by atoms with E-state index in [-0.39, 0.29) is 25.4 Å². The van der Waals surface area contributed by atoms with Gasteiger partial charge >= 0.3 is 18.0 Å².